The van der Waals surface area contributed by atoms with Crippen LogP contribution >= 0.6 is 11.3 Å². The fourth-order valence-corrected chi connectivity index (χ4v) is 3.58. The molecular weight excluding hydrogens is 298 g/mol. The molecule has 0 unspecified atom stereocenters. The number of pyridine rings is 1. The van der Waals surface area contributed by atoms with E-state index in [1.165, 1.54) is 16.9 Å². The number of ether oxygens (including phenoxy) is 1. The zero-order valence-corrected chi connectivity index (χ0v) is 13.5. The van der Waals surface area contributed by atoms with Crippen molar-refractivity contribution >= 4 is 17.2 Å². The van der Waals surface area contributed by atoms with Crippen LogP contribution in [0.15, 0.2) is 24.5 Å². The molecule has 0 saturated carbocycles. The van der Waals surface area contributed by atoms with Crippen molar-refractivity contribution < 1.29 is 9.53 Å². The Kier molecular flexibility index (Phi) is 4.49. The van der Waals surface area contributed by atoms with Gasteiger partial charge in [0.05, 0.1) is 30.0 Å². The predicted molar refractivity (Wildman–Crippen MR) is 85.1 cm³/mol. The Balaban J connectivity index is 1.66. The van der Waals surface area contributed by atoms with Crippen molar-refractivity contribution in [3.05, 3.63) is 45.7 Å². The SMILES string of the molecule is Cc1nc(C)c(C(=O)N[C@@H]2COC[C@H]2Cc2ccncc2)s1. The van der Waals surface area contributed by atoms with Gasteiger partial charge in [-0.25, -0.2) is 4.98 Å². The van der Waals surface area contributed by atoms with Gasteiger partial charge in [-0.1, -0.05) is 0 Å². The summed E-state index contributed by atoms with van der Waals surface area (Å²) in [6.45, 7) is 5.03. The number of carbonyl (C=O) groups excluding carboxylic acids is 1. The van der Waals surface area contributed by atoms with E-state index in [0.29, 0.717) is 24.0 Å². The molecule has 1 aliphatic heterocycles. The van der Waals surface area contributed by atoms with E-state index < -0.39 is 0 Å². The molecule has 1 aliphatic rings. The van der Waals surface area contributed by atoms with E-state index in [0.717, 1.165) is 17.1 Å². The average molecular weight is 317 g/mol. The van der Waals surface area contributed by atoms with Crippen LogP contribution in [0.2, 0.25) is 0 Å². The summed E-state index contributed by atoms with van der Waals surface area (Å²) in [6.07, 6.45) is 4.47. The van der Waals surface area contributed by atoms with Gasteiger partial charge in [0.15, 0.2) is 0 Å². The molecule has 2 aromatic rings. The number of thiazole rings is 1. The number of carbonyl (C=O) groups is 1. The minimum Gasteiger partial charge on any atom is -0.379 e. The Morgan fingerprint density at radius 1 is 1.36 bits per heavy atom. The third-order valence-electron chi connectivity index (χ3n) is 3.87. The standard InChI is InChI=1S/C16H19N3O2S/c1-10-15(22-11(2)18-10)16(20)19-14-9-21-8-13(14)7-12-3-5-17-6-4-12/h3-6,13-14H,7-9H2,1-2H3,(H,19,20)/t13-,14-/m1/s1. The van der Waals surface area contributed by atoms with Crippen molar-refractivity contribution in [2.24, 2.45) is 5.92 Å². The van der Waals surface area contributed by atoms with Crippen LogP contribution < -0.4 is 5.32 Å². The van der Waals surface area contributed by atoms with Gasteiger partial charge in [0.1, 0.15) is 4.88 Å². The van der Waals surface area contributed by atoms with Gasteiger partial charge in [-0.05, 0) is 38.0 Å². The molecule has 2 atom stereocenters. The van der Waals surface area contributed by atoms with E-state index in [1.54, 1.807) is 12.4 Å². The predicted octanol–water partition coefficient (Wildman–Crippen LogP) is 2.14. The molecule has 1 fully saturated rings. The number of amides is 1. The van der Waals surface area contributed by atoms with Gasteiger partial charge in [-0.15, -0.1) is 11.3 Å². The highest BCUT2D eigenvalue weighted by molar-refractivity contribution is 7.13. The van der Waals surface area contributed by atoms with Crippen LogP contribution in [0.25, 0.3) is 0 Å². The van der Waals surface area contributed by atoms with Crippen molar-refractivity contribution in [2.45, 2.75) is 26.3 Å². The number of nitrogens with zero attached hydrogens (tertiary/aromatic N) is 2. The Morgan fingerprint density at radius 3 is 2.82 bits per heavy atom. The van der Waals surface area contributed by atoms with E-state index in [9.17, 15) is 4.79 Å². The van der Waals surface area contributed by atoms with Crippen LogP contribution in [-0.2, 0) is 11.2 Å². The maximum Gasteiger partial charge on any atom is 0.263 e. The zero-order valence-electron chi connectivity index (χ0n) is 12.7. The van der Waals surface area contributed by atoms with Gasteiger partial charge in [-0.3, -0.25) is 9.78 Å². The molecule has 3 heterocycles. The summed E-state index contributed by atoms with van der Waals surface area (Å²) in [5.74, 6) is 0.249. The van der Waals surface area contributed by atoms with Gasteiger partial charge in [-0.2, -0.15) is 0 Å². The topological polar surface area (TPSA) is 64.1 Å². The maximum absolute atomic E-state index is 12.4. The van der Waals surface area contributed by atoms with Crippen molar-refractivity contribution in [1.29, 1.82) is 0 Å². The molecule has 1 N–H and O–H groups in total. The van der Waals surface area contributed by atoms with Crippen LogP contribution in [0, 0.1) is 19.8 Å². The Hall–Kier alpha value is -1.79. The summed E-state index contributed by atoms with van der Waals surface area (Å²) in [5.41, 5.74) is 2.01. The van der Waals surface area contributed by atoms with Gasteiger partial charge < -0.3 is 10.1 Å². The largest absolute Gasteiger partial charge is 0.379 e. The molecular formula is C16H19N3O2S. The summed E-state index contributed by atoms with van der Waals surface area (Å²) >= 11 is 1.44. The molecule has 116 valence electrons. The molecule has 5 nitrogen and oxygen atoms in total. The maximum atomic E-state index is 12.4. The second kappa shape index (κ2) is 6.54. The molecule has 0 aromatic carbocycles. The number of hydrogen-bond acceptors (Lipinski definition) is 5. The average Bonchev–Trinajstić information content (AvgIpc) is 3.06. The fourth-order valence-electron chi connectivity index (χ4n) is 2.76. The molecule has 0 aliphatic carbocycles. The molecule has 22 heavy (non-hydrogen) atoms. The summed E-state index contributed by atoms with van der Waals surface area (Å²) in [7, 11) is 0. The number of rotatable bonds is 4. The normalized spacial score (nSPS) is 21.0. The summed E-state index contributed by atoms with van der Waals surface area (Å²) in [6, 6.07) is 4.06. The van der Waals surface area contributed by atoms with Crippen LogP contribution in [0.3, 0.4) is 0 Å². The lowest BCUT2D eigenvalue weighted by molar-refractivity contribution is 0.0928. The van der Waals surface area contributed by atoms with E-state index in [4.69, 9.17) is 4.74 Å². The van der Waals surface area contributed by atoms with Crippen LogP contribution in [-0.4, -0.2) is 35.1 Å². The van der Waals surface area contributed by atoms with Gasteiger partial charge in [0, 0.05) is 18.3 Å². The lowest BCUT2D eigenvalue weighted by atomic mass is 9.95. The highest BCUT2D eigenvalue weighted by atomic mass is 32.1. The highest BCUT2D eigenvalue weighted by Gasteiger charge is 2.30. The minimum absolute atomic E-state index is 0.0432. The molecule has 3 rings (SSSR count). The molecule has 6 heteroatoms. The third kappa shape index (κ3) is 3.34. The lowest BCUT2D eigenvalue weighted by Gasteiger charge is -2.18. The highest BCUT2D eigenvalue weighted by Crippen LogP contribution is 2.21. The summed E-state index contributed by atoms with van der Waals surface area (Å²) in [5, 5.41) is 4.03. The zero-order chi connectivity index (χ0) is 15.5. The van der Waals surface area contributed by atoms with E-state index in [2.05, 4.69) is 15.3 Å². The van der Waals surface area contributed by atoms with Crippen LogP contribution in [0.4, 0.5) is 0 Å². The quantitative estimate of drug-likeness (QED) is 0.938. The van der Waals surface area contributed by atoms with Gasteiger partial charge >= 0.3 is 0 Å². The van der Waals surface area contributed by atoms with E-state index >= 15 is 0 Å². The first-order valence-corrected chi connectivity index (χ1v) is 8.16. The second-order valence-corrected chi connectivity index (χ2v) is 6.79. The molecule has 1 saturated heterocycles. The lowest BCUT2D eigenvalue weighted by Crippen LogP contribution is -2.40. The Morgan fingerprint density at radius 2 is 2.14 bits per heavy atom. The first-order chi connectivity index (χ1) is 10.6. The summed E-state index contributed by atoms with van der Waals surface area (Å²) < 4.78 is 5.57. The van der Waals surface area contributed by atoms with Crippen molar-refractivity contribution in [1.82, 2.24) is 15.3 Å². The third-order valence-corrected chi connectivity index (χ3v) is 4.94. The van der Waals surface area contributed by atoms with Crippen LogP contribution in [0.1, 0.15) is 25.9 Å². The van der Waals surface area contributed by atoms with E-state index in [-0.39, 0.29) is 11.9 Å². The van der Waals surface area contributed by atoms with Crippen LogP contribution in [0.5, 0.6) is 0 Å². The van der Waals surface area contributed by atoms with Crippen molar-refractivity contribution in [2.75, 3.05) is 13.2 Å². The minimum atomic E-state index is -0.0432. The molecule has 0 radical (unpaired) electrons. The second-order valence-electron chi connectivity index (χ2n) is 5.58. The van der Waals surface area contributed by atoms with Gasteiger partial charge in [0.2, 0.25) is 0 Å². The first kappa shape index (κ1) is 15.1. The Labute approximate surface area is 133 Å². The van der Waals surface area contributed by atoms with E-state index in [1.807, 2.05) is 26.0 Å². The number of nitrogens with one attached hydrogen (secondary N) is 1. The first-order valence-electron chi connectivity index (χ1n) is 7.35. The molecule has 0 bridgehead atoms. The molecule has 1 amide bonds. The number of aromatic nitrogens is 2. The van der Waals surface area contributed by atoms with Crippen molar-refractivity contribution in [3.8, 4) is 0 Å². The Bertz CT molecular complexity index is 657. The number of hydrogen-bond donors (Lipinski definition) is 1. The van der Waals surface area contributed by atoms with Gasteiger partial charge in [0.25, 0.3) is 5.91 Å². The fraction of sp³-hybridized carbons (Fsp3) is 0.438. The number of aryl methyl sites for hydroxylation is 2. The summed E-state index contributed by atoms with van der Waals surface area (Å²) in [4.78, 5) is 21.5. The molecule has 0 spiro atoms. The monoisotopic (exact) mass is 317 g/mol. The smallest absolute Gasteiger partial charge is 0.263 e. The molecule has 2 aromatic heterocycles. The van der Waals surface area contributed by atoms with Crippen molar-refractivity contribution in [3.63, 3.8) is 0 Å².